The number of anilines is 1. The molecule has 0 spiro atoms. The fourth-order valence-electron chi connectivity index (χ4n) is 2.29. The van der Waals surface area contributed by atoms with Gasteiger partial charge in [-0.05, 0) is 50.0 Å². The van der Waals surface area contributed by atoms with Crippen LogP contribution in [0, 0.1) is 11.7 Å². The summed E-state index contributed by atoms with van der Waals surface area (Å²) in [7, 11) is -1.91. The van der Waals surface area contributed by atoms with E-state index in [-0.39, 0.29) is 11.7 Å². The highest BCUT2D eigenvalue weighted by Crippen LogP contribution is 2.21. The summed E-state index contributed by atoms with van der Waals surface area (Å²) in [6.45, 7) is 1.73. The SMILES string of the molecule is CN(c1cccc(F)c1)S(=O)(=O)CC1CCNCC1. The molecule has 1 aromatic carbocycles. The molecule has 0 bridgehead atoms. The zero-order valence-electron chi connectivity index (χ0n) is 11.0. The molecule has 4 nitrogen and oxygen atoms in total. The maximum atomic E-state index is 13.1. The van der Waals surface area contributed by atoms with E-state index in [4.69, 9.17) is 0 Å². The molecule has 0 radical (unpaired) electrons. The predicted molar refractivity (Wildman–Crippen MR) is 74.2 cm³/mol. The molecular weight excluding hydrogens is 267 g/mol. The minimum absolute atomic E-state index is 0.127. The third-order valence-electron chi connectivity index (χ3n) is 3.49. The van der Waals surface area contributed by atoms with Crippen LogP contribution in [0.5, 0.6) is 0 Å². The zero-order chi connectivity index (χ0) is 13.9. The number of hydrogen-bond acceptors (Lipinski definition) is 3. The van der Waals surface area contributed by atoms with Crippen LogP contribution in [0.2, 0.25) is 0 Å². The first-order valence-electron chi connectivity index (χ1n) is 6.42. The van der Waals surface area contributed by atoms with Crippen LogP contribution in [0.3, 0.4) is 0 Å². The van der Waals surface area contributed by atoms with Gasteiger partial charge in [-0.2, -0.15) is 0 Å². The lowest BCUT2D eigenvalue weighted by atomic mass is 10.0. The maximum Gasteiger partial charge on any atom is 0.235 e. The molecule has 0 aliphatic carbocycles. The van der Waals surface area contributed by atoms with Gasteiger partial charge in [0.15, 0.2) is 0 Å². The van der Waals surface area contributed by atoms with E-state index in [0.717, 1.165) is 25.9 Å². The Labute approximate surface area is 113 Å². The van der Waals surface area contributed by atoms with Crippen molar-refractivity contribution in [3.05, 3.63) is 30.1 Å². The Balaban J connectivity index is 2.10. The first-order chi connectivity index (χ1) is 8.99. The summed E-state index contributed by atoms with van der Waals surface area (Å²) in [5.74, 6) is -0.120. The molecular formula is C13H19FN2O2S. The Hall–Kier alpha value is -1.14. The Kier molecular flexibility index (Phi) is 4.42. The van der Waals surface area contributed by atoms with Crippen LogP contribution < -0.4 is 9.62 Å². The van der Waals surface area contributed by atoms with Crippen LogP contribution in [-0.2, 0) is 10.0 Å². The van der Waals surface area contributed by atoms with Gasteiger partial charge in [-0.1, -0.05) is 6.07 Å². The molecule has 0 atom stereocenters. The molecule has 1 aromatic rings. The molecule has 1 heterocycles. The quantitative estimate of drug-likeness (QED) is 0.914. The van der Waals surface area contributed by atoms with Crippen molar-refractivity contribution in [3.63, 3.8) is 0 Å². The van der Waals surface area contributed by atoms with Gasteiger partial charge in [0, 0.05) is 7.05 Å². The van der Waals surface area contributed by atoms with Crippen LogP contribution in [0.4, 0.5) is 10.1 Å². The summed E-state index contributed by atoms with van der Waals surface area (Å²) in [5.41, 5.74) is 0.369. The van der Waals surface area contributed by atoms with E-state index < -0.39 is 15.8 Å². The minimum atomic E-state index is -3.39. The molecule has 1 aliphatic heterocycles. The van der Waals surface area contributed by atoms with Crippen molar-refractivity contribution >= 4 is 15.7 Å². The maximum absolute atomic E-state index is 13.1. The van der Waals surface area contributed by atoms with E-state index in [0.29, 0.717) is 5.69 Å². The van der Waals surface area contributed by atoms with Crippen LogP contribution in [0.15, 0.2) is 24.3 Å². The number of sulfonamides is 1. The van der Waals surface area contributed by atoms with E-state index in [2.05, 4.69) is 5.32 Å². The van der Waals surface area contributed by atoms with Crippen LogP contribution in [-0.4, -0.2) is 34.3 Å². The molecule has 1 fully saturated rings. The summed E-state index contributed by atoms with van der Waals surface area (Å²) >= 11 is 0. The third kappa shape index (κ3) is 3.67. The van der Waals surface area contributed by atoms with Crippen LogP contribution >= 0.6 is 0 Å². The standard InChI is InChI=1S/C13H19FN2O2S/c1-16(13-4-2-3-12(14)9-13)19(17,18)10-11-5-7-15-8-6-11/h2-4,9,11,15H,5-8,10H2,1H3. The summed E-state index contributed by atoms with van der Waals surface area (Å²) in [5, 5.41) is 3.21. The second kappa shape index (κ2) is 5.88. The molecule has 1 aliphatic rings. The molecule has 0 unspecified atom stereocenters. The van der Waals surface area contributed by atoms with Crippen molar-refractivity contribution < 1.29 is 12.8 Å². The van der Waals surface area contributed by atoms with E-state index in [1.807, 2.05) is 0 Å². The molecule has 0 amide bonds. The Morgan fingerprint density at radius 2 is 2.05 bits per heavy atom. The molecule has 106 valence electrons. The molecule has 19 heavy (non-hydrogen) atoms. The van der Waals surface area contributed by atoms with Crippen molar-refractivity contribution in [3.8, 4) is 0 Å². The van der Waals surface area contributed by atoms with Gasteiger partial charge >= 0.3 is 0 Å². The fraction of sp³-hybridized carbons (Fsp3) is 0.538. The largest absolute Gasteiger partial charge is 0.317 e. The number of piperidine rings is 1. The van der Waals surface area contributed by atoms with Crippen molar-refractivity contribution in [2.45, 2.75) is 12.8 Å². The van der Waals surface area contributed by atoms with Crippen molar-refractivity contribution in [1.29, 1.82) is 0 Å². The van der Waals surface area contributed by atoms with Crippen LogP contribution in [0.1, 0.15) is 12.8 Å². The fourth-order valence-corrected chi connectivity index (χ4v) is 3.88. The lowest BCUT2D eigenvalue weighted by Gasteiger charge is -2.26. The molecule has 2 rings (SSSR count). The summed E-state index contributed by atoms with van der Waals surface area (Å²) in [6.07, 6.45) is 1.74. The molecule has 1 saturated heterocycles. The monoisotopic (exact) mass is 286 g/mol. The zero-order valence-corrected chi connectivity index (χ0v) is 11.8. The van der Waals surface area contributed by atoms with Crippen molar-refractivity contribution in [1.82, 2.24) is 5.32 Å². The molecule has 0 aromatic heterocycles. The minimum Gasteiger partial charge on any atom is -0.317 e. The second-order valence-electron chi connectivity index (χ2n) is 4.92. The van der Waals surface area contributed by atoms with Gasteiger partial charge in [0.25, 0.3) is 0 Å². The third-order valence-corrected chi connectivity index (χ3v) is 5.43. The highest BCUT2D eigenvalue weighted by atomic mass is 32.2. The van der Waals surface area contributed by atoms with E-state index in [1.165, 1.54) is 29.6 Å². The molecule has 0 saturated carbocycles. The van der Waals surface area contributed by atoms with E-state index in [9.17, 15) is 12.8 Å². The van der Waals surface area contributed by atoms with Gasteiger partial charge in [0.2, 0.25) is 10.0 Å². The molecule has 1 N–H and O–H groups in total. The topological polar surface area (TPSA) is 49.4 Å². The van der Waals surface area contributed by atoms with Crippen molar-refractivity contribution in [2.24, 2.45) is 5.92 Å². The number of benzene rings is 1. The van der Waals surface area contributed by atoms with Gasteiger partial charge in [0.05, 0.1) is 11.4 Å². The van der Waals surface area contributed by atoms with E-state index >= 15 is 0 Å². The normalized spacial score (nSPS) is 17.4. The first-order valence-corrected chi connectivity index (χ1v) is 8.03. The van der Waals surface area contributed by atoms with Gasteiger partial charge in [-0.15, -0.1) is 0 Å². The number of rotatable bonds is 4. The first kappa shape index (κ1) is 14.3. The average Bonchev–Trinajstić information content (AvgIpc) is 2.38. The lowest BCUT2D eigenvalue weighted by molar-refractivity contribution is 0.401. The van der Waals surface area contributed by atoms with E-state index in [1.54, 1.807) is 6.07 Å². The predicted octanol–water partition coefficient (Wildman–Crippen LogP) is 1.59. The van der Waals surface area contributed by atoms with Gasteiger partial charge in [0.1, 0.15) is 5.82 Å². The van der Waals surface area contributed by atoms with Gasteiger partial charge < -0.3 is 5.32 Å². The highest BCUT2D eigenvalue weighted by Gasteiger charge is 2.25. The Bertz CT molecular complexity index is 527. The second-order valence-corrected chi connectivity index (χ2v) is 6.96. The number of hydrogen-bond donors (Lipinski definition) is 1. The van der Waals surface area contributed by atoms with Gasteiger partial charge in [-0.3, -0.25) is 4.31 Å². The lowest BCUT2D eigenvalue weighted by Crippen LogP contribution is -2.36. The van der Waals surface area contributed by atoms with Crippen LogP contribution in [0.25, 0.3) is 0 Å². The Morgan fingerprint density at radius 1 is 1.37 bits per heavy atom. The smallest absolute Gasteiger partial charge is 0.235 e. The number of nitrogens with zero attached hydrogens (tertiary/aromatic N) is 1. The van der Waals surface area contributed by atoms with Gasteiger partial charge in [-0.25, -0.2) is 12.8 Å². The summed E-state index contributed by atoms with van der Waals surface area (Å²) in [6, 6.07) is 5.65. The molecule has 6 heteroatoms. The number of nitrogens with one attached hydrogen (secondary N) is 1. The Morgan fingerprint density at radius 3 is 2.68 bits per heavy atom. The summed E-state index contributed by atoms with van der Waals surface area (Å²) < 4.78 is 38.9. The van der Waals surface area contributed by atoms with Crippen molar-refractivity contribution in [2.75, 3.05) is 30.2 Å². The number of halogens is 1. The highest BCUT2D eigenvalue weighted by molar-refractivity contribution is 7.92. The summed E-state index contributed by atoms with van der Waals surface area (Å²) in [4.78, 5) is 0. The average molecular weight is 286 g/mol.